The molecule has 1 unspecified atom stereocenters. The minimum atomic E-state index is -0.0988. The van der Waals surface area contributed by atoms with Crippen molar-refractivity contribution in [3.05, 3.63) is 64.6 Å². The number of phenols is 1. The first-order chi connectivity index (χ1) is 12.6. The summed E-state index contributed by atoms with van der Waals surface area (Å²) in [7, 11) is 0. The molecule has 3 aromatic rings. The molecule has 1 saturated heterocycles. The number of hydrogen-bond donors (Lipinski definition) is 1. The lowest BCUT2D eigenvalue weighted by atomic mass is 10.1. The van der Waals surface area contributed by atoms with Gasteiger partial charge in [-0.1, -0.05) is 0 Å². The Bertz CT molecular complexity index is 1000. The summed E-state index contributed by atoms with van der Waals surface area (Å²) in [5.74, 6) is 0.959. The molecule has 134 valence electrons. The largest absolute Gasteiger partial charge is 0.508 e. The zero-order valence-electron chi connectivity index (χ0n) is 14.6. The fraction of sp³-hybridized carbons (Fsp3) is 0.286. The highest BCUT2D eigenvalue weighted by atomic mass is 16.5. The molecule has 5 heteroatoms. The summed E-state index contributed by atoms with van der Waals surface area (Å²) < 4.78 is 13.0. The first-order valence-corrected chi connectivity index (χ1v) is 8.81. The number of fused-ring (bicyclic) bond motifs is 1. The zero-order chi connectivity index (χ0) is 18.1. The molecular weight excluding hydrogens is 330 g/mol. The molecule has 0 spiro atoms. The molecule has 1 fully saturated rings. The van der Waals surface area contributed by atoms with Gasteiger partial charge < -0.3 is 14.6 Å². The summed E-state index contributed by atoms with van der Waals surface area (Å²) in [4.78, 5) is 12.8. The third-order valence-electron chi connectivity index (χ3n) is 4.79. The van der Waals surface area contributed by atoms with E-state index in [4.69, 9.17) is 9.47 Å². The number of aryl methyl sites for hydroxylation is 1. The summed E-state index contributed by atoms with van der Waals surface area (Å²) in [6, 6.07) is 12.5. The van der Waals surface area contributed by atoms with Crippen molar-refractivity contribution in [2.24, 2.45) is 0 Å². The number of ether oxygens (including phenoxy) is 2. The van der Waals surface area contributed by atoms with Gasteiger partial charge in [0.25, 0.3) is 5.56 Å². The Labute approximate surface area is 151 Å². The molecular formula is C21H21NO4. The number of nitrogens with zero attached hydrogens (tertiary/aromatic N) is 1. The van der Waals surface area contributed by atoms with E-state index in [1.807, 2.05) is 25.1 Å². The fourth-order valence-corrected chi connectivity index (χ4v) is 3.27. The molecule has 0 bridgehead atoms. The maximum Gasteiger partial charge on any atom is 0.262 e. The first-order valence-electron chi connectivity index (χ1n) is 8.81. The number of rotatable bonds is 4. The Hall–Kier alpha value is -2.79. The highest BCUT2D eigenvalue weighted by Crippen LogP contribution is 2.22. The van der Waals surface area contributed by atoms with Crippen LogP contribution in [0.5, 0.6) is 11.5 Å². The van der Waals surface area contributed by atoms with Gasteiger partial charge in [0.1, 0.15) is 18.1 Å². The van der Waals surface area contributed by atoms with Crippen LogP contribution in [0.15, 0.2) is 53.5 Å². The number of benzene rings is 2. The van der Waals surface area contributed by atoms with Gasteiger partial charge >= 0.3 is 0 Å². The van der Waals surface area contributed by atoms with Crippen molar-refractivity contribution in [3.8, 4) is 17.2 Å². The van der Waals surface area contributed by atoms with Crippen LogP contribution in [0.4, 0.5) is 0 Å². The second-order valence-electron chi connectivity index (χ2n) is 6.66. The lowest BCUT2D eigenvalue weighted by Gasteiger charge is -2.13. The first kappa shape index (κ1) is 16.7. The lowest BCUT2D eigenvalue weighted by Crippen LogP contribution is -2.18. The molecule has 1 N–H and O–H groups in total. The lowest BCUT2D eigenvalue weighted by molar-refractivity contribution is 0.0680. The van der Waals surface area contributed by atoms with Gasteiger partial charge in [-0.25, -0.2) is 0 Å². The maximum atomic E-state index is 12.8. The van der Waals surface area contributed by atoms with Gasteiger partial charge in [-0.05, 0) is 73.2 Å². The topological polar surface area (TPSA) is 60.7 Å². The Kier molecular flexibility index (Phi) is 4.39. The average Bonchev–Trinajstić information content (AvgIpc) is 3.16. The zero-order valence-corrected chi connectivity index (χ0v) is 14.6. The van der Waals surface area contributed by atoms with Crippen molar-refractivity contribution in [2.75, 3.05) is 13.2 Å². The van der Waals surface area contributed by atoms with E-state index in [9.17, 15) is 9.90 Å². The normalized spacial score (nSPS) is 16.9. The molecule has 4 rings (SSSR count). The maximum absolute atomic E-state index is 12.8. The monoisotopic (exact) mass is 351 g/mol. The summed E-state index contributed by atoms with van der Waals surface area (Å²) in [6.07, 6.45) is 4.03. The predicted octanol–water partition coefficient (Wildman–Crippen LogP) is 3.56. The van der Waals surface area contributed by atoms with E-state index in [0.717, 1.165) is 41.8 Å². The van der Waals surface area contributed by atoms with Crippen LogP contribution < -0.4 is 10.3 Å². The number of pyridine rings is 1. The van der Waals surface area contributed by atoms with E-state index in [1.165, 1.54) is 0 Å². The van der Waals surface area contributed by atoms with Gasteiger partial charge in [0.2, 0.25) is 0 Å². The quantitative estimate of drug-likeness (QED) is 0.781. The molecule has 0 aliphatic carbocycles. The van der Waals surface area contributed by atoms with Crippen molar-refractivity contribution >= 4 is 10.8 Å². The van der Waals surface area contributed by atoms with Gasteiger partial charge in [-0.3, -0.25) is 9.36 Å². The number of aromatic hydroxyl groups is 1. The number of aromatic nitrogens is 1. The van der Waals surface area contributed by atoms with Gasteiger partial charge in [0.05, 0.1) is 6.10 Å². The average molecular weight is 351 g/mol. The third-order valence-corrected chi connectivity index (χ3v) is 4.79. The fourth-order valence-electron chi connectivity index (χ4n) is 3.27. The van der Waals surface area contributed by atoms with Crippen LogP contribution in [0.3, 0.4) is 0 Å². The van der Waals surface area contributed by atoms with Crippen LogP contribution >= 0.6 is 0 Å². The summed E-state index contributed by atoms with van der Waals surface area (Å²) in [5.41, 5.74) is 1.36. The van der Waals surface area contributed by atoms with Crippen LogP contribution in [-0.2, 0) is 4.74 Å². The van der Waals surface area contributed by atoms with Crippen molar-refractivity contribution in [1.29, 1.82) is 0 Å². The van der Waals surface area contributed by atoms with Gasteiger partial charge in [-0.2, -0.15) is 0 Å². The molecule has 1 aliphatic rings. The number of hydrogen-bond acceptors (Lipinski definition) is 4. The van der Waals surface area contributed by atoms with Crippen LogP contribution in [0, 0.1) is 6.92 Å². The van der Waals surface area contributed by atoms with Crippen LogP contribution in [-0.4, -0.2) is 29.0 Å². The molecule has 26 heavy (non-hydrogen) atoms. The minimum absolute atomic E-state index is 0.0988. The van der Waals surface area contributed by atoms with E-state index in [2.05, 4.69) is 0 Å². The van der Waals surface area contributed by atoms with Crippen molar-refractivity contribution in [1.82, 2.24) is 4.57 Å². The molecule has 1 atom stereocenters. The Morgan fingerprint density at radius 2 is 2.12 bits per heavy atom. The van der Waals surface area contributed by atoms with Gasteiger partial charge in [0, 0.05) is 23.9 Å². The molecule has 0 radical (unpaired) electrons. The minimum Gasteiger partial charge on any atom is -0.508 e. The van der Waals surface area contributed by atoms with E-state index in [1.54, 1.807) is 35.0 Å². The molecule has 2 heterocycles. The van der Waals surface area contributed by atoms with Gasteiger partial charge in [0.15, 0.2) is 0 Å². The molecule has 5 nitrogen and oxygen atoms in total. The van der Waals surface area contributed by atoms with Crippen LogP contribution in [0.2, 0.25) is 0 Å². The molecule has 1 aliphatic heterocycles. The summed E-state index contributed by atoms with van der Waals surface area (Å²) >= 11 is 0. The predicted molar refractivity (Wildman–Crippen MR) is 100 cm³/mol. The third kappa shape index (κ3) is 3.18. The smallest absolute Gasteiger partial charge is 0.262 e. The summed E-state index contributed by atoms with van der Waals surface area (Å²) in [6.45, 7) is 3.15. The Morgan fingerprint density at radius 3 is 2.88 bits per heavy atom. The van der Waals surface area contributed by atoms with Crippen LogP contribution in [0.25, 0.3) is 16.5 Å². The second-order valence-corrected chi connectivity index (χ2v) is 6.66. The Morgan fingerprint density at radius 1 is 1.23 bits per heavy atom. The van der Waals surface area contributed by atoms with Crippen molar-refractivity contribution in [3.63, 3.8) is 0 Å². The molecule has 1 aromatic heterocycles. The van der Waals surface area contributed by atoms with E-state index in [-0.39, 0.29) is 17.4 Å². The molecule has 0 amide bonds. The second kappa shape index (κ2) is 6.84. The summed E-state index contributed by atoms with van der Waals surface area (Å²) in [5, 5.41) is 11.1. The Balaban J connectivity index is 1.64. The SMILES string of the molecule is Cc1cc(-n2ccc3cc(OCC4CCCO4)ccc3c2=O)ccc1O. The van der Waals surface area contributed by atoms with Gasteiger partial charge in [-0.15, -0.1) is 0 Å². The molecule has 0 saturated carbocycles. The van der Waals surface area contributed by atoms with E-state index in [0.29, 0.717) is 12.0 Å². The highest BCUT2D eigenvalue weighted by molar-refractivity contribution is 5.83. The van der Waals surface area contributed by atoms with E-state index >= 15 is 0 Å². The van der Waals surface area contributed by atoms with Crippen molar-refractivity contribution in [2.45, 2.75) is 25.9 Å². The standard InChI is InChI=1S/C21H21NO4/c1-14-11-16(4-7-20(14)23)22-9-8-15-12-17(5-6-19(15)21(22)24)26-13-18-3-2-10-25-18/h4-9,11-12,18,23H,2-3,10,13H2,1H3. The van der Waals surface area contributed by atoms with Crippen molar-refractivity contribution < 1.29 is 14.6 Å². The van der Waals surface area contributed by atoms with E-state index < -0.39 is 0 Å². The number of phenolic OH excluding ortho intramolecular Hbond substituents is 1. The highest BCUT2D eigenvalue weighted by Gasteiger charge is 2.16. The van der Waals surface area contributed by atoms with Crippen LogP contribution in [0.1, 0.15) is 18.4 Å². The molecule has 2 aromatic carbocycles.